The van der Waals surface area contributed by atoms with Gasteiger partial charge in [-0.3, -0.25) is 4.79 Å². The van der Waals surface area contributed by atoms with Crippen LogP contribution in [0.25, 0.3) is 16.9 Å². The zero-order chi connectivity index (χ0) is 19.5. The van der Waals surface area contributed by atoms with Gasteiger partial charge in [-0.15, -0.1) is 10.2 Å². The van der Waals surface area contributed by atoms with Crippen molar-refractivity contribution in [3.05, 3.63) is 83.2 Å². The van der Waals surface area contributed by atoms with Crippen LogP contribution >= 0.6 is 0 Å². The molecule has 28 heavy (non-hydrogen) atoms. The molecule has 6 nitrogen and oxygen atoms in total. The Balaban J connectivity index is 1.50. The van der Waals surface area contributed by atoms with Crippen LogP contribution in [0.4, 0.5) is 0 Å². The second-order valence-corrected chi connectivity index (χ2v) is 6.91. The molecule has 4 rings (SSSR count). The summed E-state index contributed by atoms with van der Waals surface area (Å²) in [5.74, 6) is 0.540. The molecule has 140 valence electrons. The van der Waals surface area contributed by atoms with Crippen LogP contribution in [0.5, 0.6) is 0 Å². The lowest BCUT2D eigenvalue weighted by molar-refractivity contribution is -0.120. The van der Waals surface area contributed by atoms with Crippen LogP contribution in [0.3, 0.4) is 0 Å². The van der Waals surface area contributed by atoms with E-state index in [1.807, 2.05) is 55.5 Å². The van der Waals surface area contributed by atoms with Crippen molar-refractivity contribution >= 4 is 11.6 Å². The van der Waals surface area contributed by atoms with Crippen LogP contribution in [0.1, 0.15) is 22.5 Å². The summed E-state index contributed by atoms with van der Waals surface area (Å²) in [7, 11) is 0. The summed E-state index contributed by atoms with van der Waals surface area (Å²) >= 11 is 0. The van der Waals surface area contributed by atoms with E-state index in [2.05, 4.69) is 39.7 Å². The quantitative estimate of drug-likeness (QED) is 0.584. The Morgan fingerprint density at radius 1 is 0.964 bits per heavy atom. The van der Waals surface area contributed by atoms with E-state index in [1.54, 1.807) is 4.52 Å². The van der Waals surface area contributed by atoms with Gasteiger partial charge in [0.2, 0.25) is 5.91 Å². The van der Waals surface area contributed by atoms with Crippen molar-refractivity contribution in [1.29, 1.82) is 0 Å². The summed E-state index contributed by atoms with van der Waals surface area (Å²) in [4.78, 5) is 12.3. The first-order valence-electron chi connectivity index (χ1n) is 9.19. The summed E-state index contributed by atoms with van der Waals surface area (Å²) in [5, 5.41) is 15.9. The standard InChI is InChI=1S/C22H21N5O/c1-15-6-8-18(9-7-15)19-10-11-20-24-25-21(27(20)26-19)14-23-22(28)13-17-5-3-4-16(2)12-17/h3-12H,13-14H2,1-2H3,(H,23,28). The maximum absolute atomic E-state index is 12.3. The van der Waals surface area contributed by atoms with Gasteiger partial charge in [0.25, 0.3) is 0 Å². The number of carbonyl (C=O) groups excluding carboxylic acids is 1. The number of carbonyl (C=O) groups is 1. The number of nitrogens with zero attached hydrogens (tertiary/aromatic N) is 4. The van der Waals surface area contributed by atoms with Crippen LogP contribution in [-0.2, 0) is 17.8 Å². The number of amides is 1. The van der Waals surface area contributed by atoms with Gasteiger partial charge in [0.1, 0.15) is 0 Å². The fourth-order valence-electron chi connectivity index (χ4n) is 3.07. The molecule has 0 aliphatic heterocycles. The minimum Gasteiger partial charge on any atom is -0.348 e. The fraction of sp³-hybridized carbons (Fsp3) is 0.182. The Morgan fingerprint density at radius 2 is 1.79 bits per heavy atom. The summed E-state index contributed by atoms with van der Waals surface area (Å²) in [6.45, 7) is 4.34. The highest BCUT2D eigenvalue weighted by molar-refractivity contribution is 5.78. The SMILES string of the molecule is Cc1ccc(-c2ccc3nnc(CNC(=O)Cc4cccc(C)c4)n3n2)cc1. The average Bonchev–Trinajstić information content (AvgIpc) is 3.09. The molecule has 1 amide bonds. The third-order valence-electron chi connectivity index (χ3n) is 4.57. The molecule has 2 aromatic heterocycles. The van der Waals surface area contributed by atoms with E-state index in [0.717, 1.165) is 22.4 Å². The Hall–Kier alpha value is -3.54. The van der Waals surface area contributed by atoms with Crippen LogP contribution in [0, 0.1) is 13.8 Å². The van der Waals surface area contributed by atoms with E-state index in [-0.39, 0.29) is 12.5 Å². The van der Waals surface area contributed by atoms with Crippen LogP contribution < -0.4 is 5.32 Å². The van der Waals surface area contributed by atoms with Gasteiger partial charge in [-0.1, -0.05) is 59.7 Å². The highest BCUT2D eigenvalue weighted by Crippen LogP contribution is 2.18. The molecule has 0 saturated heterocycles. The molecule has 2 aromatic carbocycles. The summed E-state index contributed by atoms with van der Waals surface area (Å²) in [6, 6.07) is 19.9. The number of benzene rings is 2. The second kappa shape index (κ2) is 7.60. The van der Waals surface area contributed by atoms with Gasteiger partial charge in [-0.2, -0.15) is 9.61 Å². The number of fused-ring (bicyclic) bond motifs is 1. The summed E-state index contributed by atoms with van der Waals surface area (Å²) in [6.07, 6.45) is 0.334. The number of aryl methyl sites for hydroxylation is 2. The third-order valence-corrected chi connectivity index (χ3v) is 4.57. The highest BCUT2D eigenvalue weighted by atomic mass is 16.1. The molecule has 2 heterocycles. The Labute approximate surface area is 163 Å². The number of nitrogens with one attached hydrogen (secondary N) is 1. The van der Waals surface area contributed by atoms with Crippen LogP contribution in [0.15, 0.2) is 60.7 Å². The maximum Gasteiger partial charge on any atom is 0.224 e. The zero-order valence-corrected chi connectivity index (χ0v) is 15.9. The monoisotopic (exact) mass is 371 g/mol. The zero-order valence-electron chi connectivity index (χ0n) is 15.9. The minimum absolute atomic E-state index is 0.0583. The highest BCUT2D eigenvalue weighted by Gasteiger charge is 2.11. The van der Waals surface area contributed by atoms with Crippen LogP contribution in [0.2, 0.25) is 0 Å². The Bertz CT molecular complexity index is 1130. The smallest absolute Gasteiger partial charge is 0.224 e. The first kappa shape index (κ1) is 17.9. The molecule has 0 fully saturated rings. The fourth-order valence-corrected chi connectivity index (χ4v) is 3.07. The topological polar surface area (TPSA) is 72.2 Å². The van der Waals surface area contributed by atoms with Crippen molar-refractivity contribution in [1.82, 2.24) is 25.1 Å². The van der Waals surface area contributed by atoms with E-state index in [0.29, 0.717) is 17.9 Å². The van der Waals surface area contributed by atoms with Crippen LogP contribution in [-0.4, -0.2) is 25.7 Å². The van der Waals surface area contributed by atoms with E-state index in [4.69, 9.17) is 0 Å². The Kier molecular flexibility index (Phi) is 4.85. The normalized spacial score (nSPS) is 10.9. The number of rotatable bonds is 5. The molecule has 0 radical (unpaired) electrons. The van der Waals surface area contributed by atoms with Crippen molar-refractivity contribution in [3.63, 3.8) is 0 Å². The van der Waals surface area contributed by atoms with E-state index in [9.17, 15) is 4.79 Å². The lowest BCUT2D eigenvalue weighted by Crippen LogP contribution is -2.25. The first-order chi connectivity index (χ1) is 13.6. The van der Waals surface area contributed by atoms with E-state index < -0.39 is 0 Å². The molecule has 0 atom stereocenters. The van der Waals surface area contributed by atoms with Gasteiger partial charge >= 0.3 is 0 Å². The van der Waals surface area contributed by atoms with Crippen molar-refractivity contribution in [3.8, 4) is 11.3 Å². The predicted octanol–water partition coefficient (Wildman–Crippen LogP) is 3.27. The molecular formula is C22H21N5O. The average molecular weight is 371 g/mol. The van der Waals surface area contributed by atoms with Gasteiger partial charge in [-0.25, -0.2) is 0 Å². The lowest BCUT2D eigenvalue weighted by Gasteiger charge is -2.06. The van der Waals surface area contributed by atoms with Crippen molar-refractivity contribution < 1.29 is 4.79 Å². The maximum atomic E-state index is 12.3. The molecule has 0 saturated carbocycles. The number of hydrogen-bond acceptors (Lipinski definition) is 4. The van der Waals surface area contributed by atoms with E-state index >= 15 is 0 Å². The Morgan fingerprint density at radius 3 is 2.57 bits per heavy atom. The molecule has 4 aromatic rings. The summed E-state index contributed by atoms with van der Waals surface area (Å²) < 4.78 is 1.68. The van der Waals surface area contributed by atoms with Gasteiger partial charge in [-0.05, 0) is 31.5 Å². The molecule has 0 spiro atoms. The van der Waals surface area contributed by atoms with E-state index in [1.165, 1.54) is 5.56 Å². The molecule has 0 bridgehead atoms. The number of hydrogen-bond donors (Lipinski definition) is 1. The van der Waals surface area contributed by atoms with Gasteiger partial charge < -0.3 is 5.32 Å². The second-order valence-electron chi connectivity index (χ2n) is 6.91. The molecule has 1 N–H and O–H groups in total. The molecule has 6 heteroatoms. The molecule has 0 aliphatic rings. The van der Waals surface area contributed by atoms with Gasteiger partial charge in [0.05, 0.1) is 18.7 Å². The van der Waals surface area contributed by atoms with Gasteiger partial charge in [0.15, 0.2) is 11.5 Å². The van der Waals surface area contributed by atoms with Gasteiger partial charge in [0, 0.05) is 5.56 Å². The first-order valence-corrected chi connectivity index (χ1v) is 9.19. The summed E-state index contributed by atoms with van der Waals surface area (Å²) in [5.41, 5.74) is 5.84. The third kappa shape index (κ3) is 3.91. The number of aromatic nitrogens is 4. The minimum atomic E-state index is -0.0583. The molecular weight excluding hydrogens is 350 g/mol. The predicted molar refractivity (Wildman–Crippen MR) is 108 cm³/mol. The lowest BCUT2D eigenvalue weighted by atomic mass is 10.1. The van der Waals surface area contributed by atoms with Crippen molar-refractivity contribution in [2.75, 3.05) is 0 Å². The molecule has 0 unspecified atom stereocenters. The van der Waals surface area contributed by atoms with Crippen molar-refractivity contribution in [2.24, 2.45) is 0 Å². The van der Waals surface area contributed by atoms with Crippen molar-refractivity contribution in [2.45, 2.75) is 26.8 Å². The molecule has 0 aliphatic carbocycles. The largest absolute Gasteiger partial charge is 0.348 e.